The normalized spacial score (nSPS) is 24.3. The molecule has 6 heteroatoms. The Hall–Kier alpha value is -0.170. The molecule has 14 heavy (non-hydrogen) atoms. The highest BCUT2D eigenvalue weighted by molar-refractivity contribution is 7.88. The molecule has 0 aromatic carbocycles. The molecule has 1 heterocycles. The van der Waals surface area contributed by atoms with E-state index in [2.05, 4.69) is 9.62 Å². The standard InChI is InChI=1S/C8H19N3O2S/c1-14(12,13)10-4-6-11-5-2-3-8(11)7-9/h8,10H,2-7,9H2,1H3. The summed E-state index contributed by atoms with van der Waals surface area (Å²) in [7, 11) is -3.05. The Balaban J connectivity index is 2.24. The van der Waals surface area contributed by atoms with Crippen LogP contribution >= 0.6 is 0 Å². The van der Waals surface area contributed by atoms with Crippen LogP contribution in [0.4, 0.5) is 0 Å². The van der Waals surface area contributed by atoms with Gasteiger partial charge in [0.2, 0.25) is 10.0 Å². The van der Waals surface area contributed by atoms with Crippen molar-refractivity contribution in [3.63, 3.8) is 0 Å². The summed E-state index contributed by atoms with van der Waals surface area (Å²) < 4.78 is 24.1. The first-order valence-electron chi connectivity index (χ1n) is 4.91. The van der Waals surface area contributed by atoms with Gasteiger partial charge >= 0.3 is 0 Å². The molecule has 0 aliphatic carbocycles. The van der Waals surface area contributed by atoms with Crippen LogP contribution in [0.3, 0.4) is 0 Å². The maximum Gasteiger partial charge on any atom is 0.208 e. The topological polar surface area (TPSA) is 75.4 Å². The van der Waals surface area contributed by atoms with Crippen molar-refractivity contribution in [2.75, 3.05) is 32.4 Å². The van der Waals surface area contributed by atoms with E-state index in [1.165, 1.54) is 12.7 Å². The molecule has 0 saturated carbocycles. The van der Waals surface area contributed by atoms with Crippen molar-refractivity contribution in [2.45, 2.75) is 18.9 Å². The van der Waals surface area contributed by atoms with Gasteiger partial charge in [-0.2, -0.15) is 0 Å². The third-order valence-corrected chi connectivity index (χ3v) is 3.26. The van der Waals surface area contributed by atoms with E-state index in [-0.39, 0.29) is 0 Å². The molecule has 1 aliphatic heterocycles. The van der Waals surface area contributed by atoms with Crippen LogP contribution in [0.5, 0.6) is 0 Å². The molecule has 1 rings (SSSR count). The first kappa shape index (κ1) is 11.9. The second-order valence-electron chi connectivity index (χ2n) is 3.73. The van der Waals surface area contributed by atoms with Crippen LogP contribution in [0, 0.1) is 0 Å². The maximum atomic E-state index is 10.8. The zero-order valence-corrected chi connectivity index (χ0v) is 9.39. The van der Waals surface area contributed by atoms with E-state index in [0.29, 0.717) is 19.1 Å². The predicted octanol–water partition coefficient (Wildman–Crippen LogP) is -1.04. The summed E-state index contributed by atoms with van der Waals surface area (Å²) in [5.41, 5.74) is 5.60. The van der Waals surface area contributed by atoms with Gasteiger partial charge in [-0.1, -0.05) is 0 Å². The molecular weight excluding hydrogens is 202 g/mol. The van der Waals surface area contributed by atoms with Gasteiger partial charge in [0.05, 0.1) is 6.26 Å². The number of likely N-dealkylation sites (tertiary alicyclic amines) is 1. The molecule has 84 valence electrons. The molecule has 0 bridgehead atoms. The molecule has 0 radical (unpaired) electrons. The van der Waals surface area contributed by atoms with Crippen molar-refractivity contribution in [1.82, 2.24) is 9.62 Å². The number of hydrogen-bond acceptors (Lipinski definition) is 4. The molecule has 1 atom stereocenters. The van der Waals surface area contributed by atoms with E-state index < -0.39 is 10.0 Å². The highest BCUT2D eigenvalue weighted by Crippen LogP contribution is 2.14. The van der Waals surface area contributed by atoms with Gasteiger partial charge in [-0.15, -0.1) is 0 Å². The average molecular weight is 221 g/mol. The fraction of sp³-hybridized carbons (Fsp3) is 1.00. The molecule has 1 aliphatic rings. The number of nitrogens with two attached hydrogens (primary N) is 1. The number of nitrogens with zero attached hydrogens (tertiary/aromatic N) is 1. The van der Waals surface area contributed by atoms with Crippen molar-refractivity contribution >= 4 is 10.0 Å². The first-order chi connectivity index (χ1) is 6.53. The number of nitrogens with one attached hydrogen (secondary N) is 1. The van der Waals surface area contributed by atoms with Crippen LogP contribution in [-0.2, 0) is 10.0 Å². The Kier molecular flexibility index (Phi) is 4.31. The van der Waals surface area contributed by atoms with E-state index in [0.717, 1.165) is 19.5 Å². The molecule has 3 N–H and O–H groups in total. The van der Waals surface area contributed by atoms with E-state index in [1.54, 1.807) is 0 Å². The molecule has 0 aromatic rings. The molecule has 5 nitrogen and oxygen atoms in total. The van der Waals surface area contributed by atoms with Crippen LogP contribution < -0.4 is 10.5 Å². The van der Waals surface area contributed by atoms with E-state index >= 15 is 0 Å². The lowest BCUT2D eigenvalue weighted by Crippen LogP contribution is -2.40. The van der Waals surface area contributed by atoms with Crippen molar-refractivity contribution in [3.05, 3.63) is 0 Å². The zero-order chi connectivity index (χ0) is 10.6. The Morgan fingerprint density at radius 3 is 2.86 bits per heavy atom. The van der Waals surface area contributed by atoms with Crippen molar-refractivity contribution in [1.29, 1.82) is 0 Å². The van der Waals surface area contributed by atoms with Gasteiger partial charge in [-0.05, 0) is 19.4 Å². The van der Waals surface area contributed by atoms with Crippen molar-refractivity contribution < 1.29 is 8.42 Å². The second kappa shape index (κ2) is 5.06. The van der Waals surface area contributed by atoms with Crippen LogP contribution in [0.15, 0.2) is 0 Å². The minimum absolute atomic E-state index is 0.441. The summed E-state index contributed by atoms with van der Waals surface area (Å²) in [5.74, 6) is 0. The Morgan fingerprint density at radius 1 is 1.57 bits per heavy atom. The number of sulfonamides is 1. The minimum atomic E-state index is -3.05. The van der Waals surface area contributed by atoms with Gasteiger partial charge in [-0.25, -0.2) is 13.1 Å². The Bertz CT molecular complexity index is 266. The summed E-state index contributed by atoms with van der Waals surface area (Å²) >= 11 is 0. The third-order valence-electron chi connectivity index (χ3n) is 2.53. The van der Waals surface area contributed by atoms with Crippen LogP contribution in [-0.4, -0.2) is 51.8 Å². The van der Waals surface area contributed by atoms with E-state index in [9.17, 15) is 8.42 Å². The van der Waals surface area contributed by atoms with Crippen LogP contribution in [0.2, 0.25) is 0 Å². The quantitative estimate of drug-likeness (QED) is 0.622. The van der Waals surface area contributed by atoms with Gasteiger partial charge in [0.15, 0.2) is 0 Å². The highest BCUT2D eigenvalue weighted by Gasteiger charge is 2.22. The van der Waals surface area contributed by atoms with Crippen molar-refractivity contribution in [2.24, 2.45) is 5.73 Å². The van der Waals surface area contributed by atoms with Crippen LogP contribution in [0.25, 0.3) is 0 Å². The molecule has 1 fully saturated rings. The predicted molar refractivity (Wildman–Crippen MR) is 56.5 cm³/mol. The molecule has 1 saturated heterocycles. The lowest BCUT2D eigenvalue weighted by atomic mass is 10.2. The third kappa shape index (κ3) is 3.91. The van der Waals surface area contributed by atoms with Crippen LogP contribution in [0.1, 0.15) is 12.8 Å². The number of rotatable bonds is 5. The SMILES string of the molecule is CS(=O)(=O)NCCN1CCCC1CN. The van der Waals surface area contributed by atoms with Gasteiger partial charge in [0, 0.05) is 25.7 Å². The van der Waals surface area contributed by atoms with Crippen molar-refractivity contribution in [3.8, 4) is 0 Å². The van der Waals surface area contributed by atoms with E-state index in [4.69, 9.17) is 5.73 Å². The maximum absolute atomic E-state index is 10.8. The fourth-order valence-electron chi connectivity index (χ4n) is 1.83. The molecule has 0 spiro atoms. The minimum Gasteiger partial charge on any atom is -0.329 e. The first-order valence-corrected chi connectivity index (χ1v) is 6.81. The molecule has 1 unspecified atom stereocenters. The number of hydrogen-bond donors (Lipinski definition) is 2. The Labute approximate surface area is 85.7 Å². The van der Waals surface area contributed by atoms with Gasteiger partial charge in [-0.3, -0.25) is 4.90 Å². The van der Waals surface area contributed by atoms with Gasteiger partial charge in [0.1, 0.15) is 0 Å². The largest absolute Gasteiger partial charge is 0.329 e. The smallest absolute Gasteiger partial charge is 0.208 e. The second-order valence-corrected chi connectivity index (χ2v) is 5.57. The lowest BCUT2D eigenvalue weighted by Gasteiger charge is -2.22. The zero-order valence-electron chi connectivity index (χ0n) is 8.57. The highest BCUT2D eigenvalue weighted by atomic mass is 32.2. The summed E-state index contributed by atoms with van der Waals surface area (Å²) in [5, 5.41) is 0. The van der Waals surface area contributed by atoms with E-state index in [1.807, 2.05) is 0 Å². The molecular formula is C8H19N3O2S. The average Bonchev–Trinajstić information content (AvgIpc) is 2.49. The molecule has 0 amide bonds. The fourth-order valence-corrected chi connectivity index (χ4v) is 2.29. The monoisotopic (exact) mass is 221 g/mol. The summed E-state index contributed by atoms with van der Waals surface area (Å²) in [6.45, 7) is 2.94. The summed E-state index contributed by atoms with van der Waals surface area (Å²) in [6, 6.07) is 0.441. The van der Waals surface area contributed by atoms with Gasteiger partial charge < -0.3 is 5.73 Å². The summed E-state index contributed by atoms with van der Waals surface area (Å²) in [6.07, 6.45) is 3.48. The Morgan fingerprint density at radius 2 is 2.29 bits per heavy atom. The molecule has 0 aromatic heterocycles. The van der Waals surface area contributed by atoms with Gasteiger partial charge in [0.25, 0.3) is 0 Å². The summed E-state index contributed by atoms with van der Waals surface area (Å²) in [4.78, 5) is 2.25. The lowest BCUT2D eigenvalue weighted by molar-refractivity contribution is 0.263.